The highest BCUT2D eigenvalue weighted by molar-refractivity contribution is 6.32. The van der Waals surface area contributed by atoms with Gasteiger partial charge in [0.1, 0.15) is 6.61 Å². The van der Waals surface area contributed by atoms with Crippen LogP contribution < -0.4 is 9.47 Å². The molecule has 154 valence electrons. The Kier molecular flexibility index (Phi) is 4.59. The molecule has 0 radical (unpaired) electrons. The first-order valence-corrected chi connectivity index (χ1v) is 10.6. The van der Waals surface area contributed by atoms with E-state index < -0.39 is 0 Å². The predicted molar refractivity (Wildman–Crippen MR) is 111 cm³/mol. The van der Waals surface area contributed by atoms with Crippen molar-refractivity contribution in [1.29, 1.82) is 0 Å². The maximum Gasteiger partial charge on any atom is 0.254 e. The Balaban J connectivity index is 1.40. The van der Waals surface area contributed by atoms with Crippen LogP contribution in [0.3, 0.4) is 0 Å². The van der Waals surface area contributed by atoms with Crippen molar-refractivity contribution in [3.63, 3.8) is 0 Å². The topological polar surface area (TPSA) is 68.2 Å². The summed E-state index contributed by atoms with van der Waals surface area (Å²) in [5.41, 5.74) is 0.593. The van der Waals surface area contributed by atoms with Crippen molar-refractivity contribution in [2.45, 2.75) is 13.3 Å². The SMILES string of the molecule is C#CCOc1c(Cl)cc(/C=N\N2C(=O)[C@@H]3[C@H]4C=C[C@@H]([C@@H]5C[C@@H]45)[C@@H]3C2=O)cc1OCC. The summed E-state index contributed by atoms with van der Waals surface area (Å²) in [6, 6.07) is 3.33. The summed E-state index contributed by atoms with van der Waals surface area (Å²) < 4.78 is 11.1. The zero-order valence-electron chi connectivity index (χ0n) is 16.5. The Morgan fingerprint density at radius 3 is 2.47 bits per heavy atom. The first-order chi connectivity index (χ1) is 14.5. The third kappa shape index (κ3) is 2.84. The fraction of sp³-hybridized carbons (Fsp3) is 0.435. The number of carbonyl (C=O) groups is 2. The number of rotatable bonds is 6. The number of ether oxygens (including phenoxy) is 2. The minimum absolute atomic E-state index is 0.0607. The van der Waals surface area contributed by atoms with Gasteiger partial charge in [0.25, 0.3) is 11.8 Å². The fourth-order valence-corrected chi connectivity index (χ4v) is 5.63. The average molecular weight is 425 g/mol. The highest BCUT2D eigenvalue weighted by Crippen LogP contribution is 2.65. The van der Waals surface area contributed by atoms with Crippen LogP contribution >= 0.6 is 11.6 Å². The molecule has 0 unspecified atom stereocenters. The number of hydrogen-bond acceptors (Lipinski definition) is 5. The quantitative estimate of drug-likeness (QED) is 0.304. The summed E-state index contributed by atoms with van der Waals surface area (Å²) in [6.07, 6.45) is 12.1. The van der Waals surface area contributed by atoms with E-state index in [4.69, 9.17) is 27.5 Å². The lowest BCUT2D eigenvalue weighted by atomic mass is 9.63. The third-order valence-corrected chi connectivity index (χ3v) is 6.87. The lowest BCUT2D eigenvalue weighted by molar-refractivity contribution is -0.140. The Bertz CT molecular complexity index is 991. The number of allylic oxidation sites excluding steroid dienone is 2. The van der Waals surface area contributed by atoms with Gasteiger partial charge in [-0.1, -0.05) is 29.7 Å². The van der Waals surface area contributed by atoms with Crippen LogP contribution in [0.25, 0.3) is 0 Å². The summed E-state index contributed by atoms with van der Waals surface area (Å²) in [5, 5.41) is 5.60. The molecular formula is C23H21ClN2O4. The van der Waals surface area contributed by atoms with Crippen molar-refractivity contribution in [2.24, 2.45) is 40.6 Å². The van der Waals surface area contributed by atoms with Crippen molar-refractivity contribution in [1.82, 2.24) is 5.01 Å². The molecule has 6 rings (SSSR count). The monoisotopic (exact) mass is 424 g/mol. The minimum Gasteiger partial charge on any atom is -0.490 e. The molecular weight excluding hydrogens is 404 g/mol. The Labute approximate surface area is 179 Å². The van der Waals surface area contributed by atoms with Gasteiger partial charge >= 0.3 is 0 Å². The second-order valence-corrected chi connectivity index (χ2v) is 8.55. The highest BCUT2D eigenvalue weighted by atomic mass is 35.5. The first-order valence-electron chi connectivity index (χ1n) is 10.2. The maximum absolute atomic E-state index is 13.0. The zero-order chi connectivity index (χ0) is 21.0. The molecule has 2 saturated carbocycles. The fourth-order valence-electron chi connectivity index (χ4n) is 5.36. The highest BCUT2D eigenvalue weighted by Gasteiger charge is 2.67. The smallest absolute Gasteiger partial charge is 0.254 e. The largest absolute Gasteiger partial charge is 0.490 e. The molecule has 0 aromatic heterocycles. The van der Waals surface area contributed by atoms with Gasteiger partial charge in [-0.15, -0.1) is 6.42 Å². The van der Waals surface area contributed by atoms with Gasteiger partial charge in [0.05, 0.1) is 29.7 Å². The number of imide groups is 1. The number of nitrogens with zero attached hydrogens (tertiary/aromatic N) is 2. The predicted octanol–water partition coefficient (Wildman–Crippen LogP) is 3.14. The van der Waals surface area contributed by atoms with E-state index in [0.717, 1.165) is 11.4 Å². The minimum atomic E-state index is -0.268. The van der Waals surface area contributed by atoms with Crippen molar-refractivity contribution in [2.75, 3.05) is 13.2 Å². The molecule has 30 heavy (non-hydrogen) atoms. The molecule has 6 atom stereocenters. The molecule has 0 spiro atoms. The normalized spacial score (nSPS) is 32.9. The van der Waals surface area contributed by atoms with Crippen molar-refractivity contribution in [3.05, 3.63) is 34.9 Å². The third-order valence-electron chi connectivity index (χ3n) is 6.59. The van der Waals surface area contributed by atoms with Crippen molar-refractivity contribution >= 4 is 29.6 Å². The van der Waals surface area contributed by atoms with E-state index in [-0.39, 0.29) is 42.1 Å². The second-order valence-electron chi connectivity index (χ2n) is 8.14. The molecule has 1 aromatic rings. The number of amides is 2. The summed E-state index contributed by atoms with van der Waals surface area (Å²) in [4.78, 5) is 26.0. The van der Waals surface area contributed by atoms with E-state index in [1.165, 1.54) is 6.21 Å². The van der Waals surface area contributed by atoms with E-state index in [1.54, 1.807) is 12.1 Å². The molecule has 1 heterocycles. The Morgan fingerprint density at radius 1 is 1.20 bits per heavy atom. The Hall–Kier alpha value is -2.78. The number of hydrazone groups is 1. The van der Waals surface area contributed by atoms with Crippen LogP contribution in [0.5, 0.6) is 11.5 Å². The zero-order valence-corrected chi connectivity index (χ0v) is 17.2. The average Bonchev–Trinajstić information content (AvgIpc) is 3.51. The standard InChI is InChI=1S/C23H21ClN2O4/c1-3-7-30-21-17(24)8-12(9-18(21)29-4-2)11-25-26-22(27)19-13-5-6-14(16-10-15(13)16)20(19)23(26)28/h1,5-6,8-9,11,13-16,19-20H,4,7,10H2,2H3/b25-11-/t13-,14-,15-,16-,19-,20+/m0/s1. The van der Waals surface area contributed by atoms with Gasteiger partial charge in [0, 0.05) is 0 Å². The number of hydrogen-bond donors (Lipinski definition) is 0. The van der Waals surface area contributed by atoms with Gasteiger partial charge in [-0.2, -0.15) is 10.1 Å². The van der Waals surface area contributed by atoms with Gasteiger partial charge in [0.2, 0.25) is 0 Å². The molecule has 5 aliphatic rings. The molecule has 3 fully saturated rings. The molecule has 1 saturated heterocycles. The molecule has 0 N–H and O–H groups in total. The van der Waals surface area contributed by atoms with Gasteiger partial charge in [-0.3, -0.25) is 9.59 Å². The van der Waals surface area contributed by atoms with Crippen LogP contribution in [0.4, 0.5) is 0 Å². The lowest BCUT2D eigenvalue weighted by Gasteiger charge is -2.37. The van der Waals surface area contributed by atoms with Crippen LogP contribution in [0.1, 0.15) is 18.9 Å². The summed E-state index contributed by atoms with van der Waals surface area (Å²) in [5.74, 6) is 3.71. The molecule has 4 aliphatic carbocycles. The van der Waals surface area contributed by atoms with E-state index in [0.29, 0.717) is 40.5 Å². The van der Waals surface area contributed by atoms with Crippen molar-refractivity contribution in [3.8, 4) is 23.8 Å². The second kappa shape index (κ2) is 7.17. The van der Waals surface area contributed by atoms with Crippen LogP contribution in [0.2, 0.25) is 5.02 Å². The molecule has 6 nitrogen and oxygen atoms in total. The van der Waals surface area contributed by atoms with Crippen LogP contribution in [-0.4, -0.2) is 36.3 Å². The molecule has 1 aliphatic heterocycles. The van der Waals surface area contributed by atoms with Gasteiger partial charge < -0.3 is 9.47 Å². The van der Waals surface area contributed by atoms with E-state index in [1.807, 2.05) is 6.92 Å². The van der Waals surface area contributed by atoms with Gasteiger partial charge in [-0.05, 0) is 54.7 Å². The molecule has 1 aromatic carbocycles. The van der Waals surface area contributed by atoms with E-state index >= 15 is 0 Å². The van der Waals surface area contributed by atoms with Crippen molar-refractivity contribution < 1.29 is 19.1 Å². The lowest BCUT2D eigenvalue weighted by Crippen LogP contribution is -2.40. The first kappa shape index (κ1) is 19.2. The number of benzene rings is 1. The van der Waals surface area contributed by atoms with Gasteiger partial charge in [0.15, 0.2) is 11.5 Å². The Morgan fingerprint density at radius 2 is 1.87 bits per heavy atom. The number of carbonyl (C=O) groups excluding carboxylic acids is 2. The molecule has 2 bridgehead atoms. The summed E-state index contributed by atoms with van der Waals surface area (Å²) in [6.45, 7) is 2.31. The van der Waals surface area contributed by atoms with Crippen LogP contribution in [0.15, 0.2) is 29.4 Å². The summed E-state index contributed by atoms with van der Waals surface area (Å²) in [7, 11) is 0. The van der Waals surface area contributed by atoms with E-state index in [2.05, 4.69) is 23.2 Å². The van der Waals surface area contributed by atoms with Crippen LogP contribution in [-0.2, 0) is 9.59 Å². The molecule has 2 amide bonds. The van der Waals surface area contributed by atoms with E-state index in [9.17, 15) is 9.59 Å². The summed E-state index contributed by atoms with van der Waals surface area (Å²) >= 11 is 6.33. The maximum atomic E-state index is 13.0. The number of halogens is 1. The van der Waals surface area contributed by atoms with Crippen LogP contribution in [0, 0.1) is 47.9 Å². The number of terminal acetylenes is 1. The molecule has 7 heteroatoms. The van der Waals surface area contributed by atoms with Gasteiger partial charge in [-0.25, -0.2) is 0 Å².